The van der Waals surface area contributed by atoms with E-state index in [0.29, 0.717) is 25.4 Å². The van der Waals surface area contributed by atoms with Gasteiger partial charge in [0.15, 0.2) is 11.5 Å². The molecule has 1 aliphatic carbocycles. The summed E-state index contributed by atoms with van der Waals surface area (Å²) >= 11 is 0. The topological polar surface area (TPSA) is 54.9 Å². The van der Waals surface area contributed by atoms with Crippen molar-refractivity contribution >= 4 is 5.91 Å². The third-order valence-corrected chi connectivity index (χ3v) is 4.94. The van der Waals surface area contributed by atoms with E-state index in [9.17, 15) is 4.79 Å². The number of pyridine rings is 1. The van der Waals surface area contributed by atoms with Crippen LogP contribution < -0.4 is 9.47 Å². The molecule has 1 fully saturated rings. The third kappa shape index (κ3) is 6.46. The second kappa shape index (κ2) is 10.3. The summed E-state index contributed by atoms with van der Waals surface area (Å²) in [5.41, 5.74) is 2.07. The summed E-state index contributed by atoms with van der Waals surface area (Å²) in [5.74, 6) is 1.83. The molecule has 0 N–H and O–H groups in total. The Balaban J connectivity index is 1.70. The van der Waals surface area contributed by atoms with Gasteiger partial charge in [-0.25, -0.2) is 0 Å². The molecule has 0 bridgehead atoms. The number of hydrogen-bond donors (Lipinski definition) is 0. The molecule has 2 aromatic rings. The minimum absolute atomic E-state index is 0.173. The van der Waals surface area contributed by atoms with Crippen LogP contribution in [0.1, 0.15) is 30.4 Å². The van der Waals surface area contributed by atoms with Crippen molar-refractivity contribution in [3.63, 3.8) is 0 Å². The molecule has 1 amide bonds. The number of amides is 1. The minimum atomic E-state index is 0.173. The number of ether oxygens (including phenoxy) is 2. The van der Waals surface area contributed by atoms with Crippen LogP contribution in [0, 0.1) is 5.92 Å². The average molecular weight is 398 g/mol. The van der Waals surface area contributed by atoms with Gasteiger partial charge in [0.1, 0.15) is 0 Å². The van der Waals surface area contributed by atoms with Crippen molar-refractivity contribution in [2.45, 2.75) is 32.4 Å². The summed E-state index contributed by atoms with van der Waals surface area (Å²) in [6.45, 7) is 2.70. The van der Waals surface area contributed by atoms with Gasteiger partial charge in [0.2, 0.25) is 5.91 Å². The van der Waals surface area contributed by atoms with Gasteiger partial charge >= 0.3 is 0 Å². The van der Waals surface area contributed by atoms with Crippen molar-refractivity contribution in [3.8, 4) is 11.5 Å². The van der Waals surface area contributed by atoms with E-state index in [1.54, 1.807) is 13.3 Å². The zero-order valence-corrected chi connectivity index (χ0v) is 17.6. The Morgan fingerprint density at radius 1 is 1.14 bits per heavy atom. The molecule has 156 valence electrons. The summed E-state index contributed by atoms with van der Waals surface area (Å²) in [6.07, 6.45) is 6.49. The van der Waals surface area contributed by atoms with Crippen molar-refractivity contribution in [1.29, 1.82) is 0 Å². The normalized spacial score (nSPS) is 13.4. The first-order valence-electron chi connectivity index (χ1n) is 10.2. The van der Waals surface area contributed by atoms with Gasteiger partial charge in [-0.3, -0.25) is 9.78 Å². The van der Waals surface area contributed by atoms with Gasteiger partial charge in [0.05, 0.1) is 13.7 Å². The van der Waals surface area contributed by atoms with E-state index in [0.717, 1.165) is 42.7 Å². The van der Waals surface area contributed by atoms with E-state index in [2.05, 4.69) is 24.0 Å². The predicted octanol–water partition coefficient (Wildman–Crippen LogP) is 3.36. The summed E-state index contributed by atoms with van der Waals surface area (Å²) in [4.78, 5) is 21.1. The second-order valence-electron chi connectivity index (χ2n) is 7.82. The van der Waals surface area contributed by atoms with Crippen molar-refractivity contribution in [3.05, 3.63) is 53.9 Å². The van der Waals surface area contributed by atoms with Crippen molar-refractivity contribution < 1.29 is 14.3 Å². The van der Waals surface area contributed by atoms with Crippen LogP contribution in [-0.2, 0) is 17.9 Å². The molecule has 0 unspecified atom stereocenters. The monoisotopic (exact) mass is 397 g/mol. The summed E-state index contributed by atoms with van der Waals surface area (Å²) in [6, 6.07) is 9.82. The molecular weight excluding hydrogens is 366 g/mol. The molecule has 1 heterocycles. The Bertz CT molecular complexity index is 791. The molecule has 0 atom stereocenters. The van der Waals surface area contributed by atoms with Crippen LogP contribution in [0.5, 0.6) is 11.5 Å². The van der Waals surface area contributed by atoms with Crippen LogP contribution >= 0.6 is 0 Å². The van der Waals surface area contributed by atoms with Crippen LogP contribution in [0.25, 0.3) is 0 Å². The summed E-state index contributed by atoms with van der Waals surface area (Å²) < 4.78 is 11.4. The van der Waals surface area contributed by atoms with Gasteiger partial charge in [-0.15, -0.1) is 0 Å². The van der Waals surface area contributed by atoms with E-state index in [1.165, 1.54) is 0 Å². The van der Waals surface area contributed by atoms with Gasteiger partial charge in [0.25, 0.3) is 0 Å². The minimum Gasteiger partial charge on any atom is -0.493 e. The quantitative estimate of drug-likeness (QED) is 0.544. The fraction of sp³-hybridized carbons (Fsp3) is 0.478. The molecular formula is C23H31N3O3. The number of nitrogens with zero attached hydrogens (tertiary/aromatic N) is 3. The molecule has 29 heavy (non-hydrogen) atoms. The van der Waals surface area contributed by atoms with Crippen LogP contribution in [0.3, 0.4) is 0 Å². The number of hydrogen-bond acceptors (Lipinski definition) is 5. The number of carbonyl (C=O) groups excluding carboxylic acids is 1. The van der Waals surface area contributed by atoms with E-state index in [1.807, 2.05) is 41.4 Å². The van der Waals surface area contributed by atoms with Crippen LogP contribution in [0.15, 0.2) is 42.7 Å². The molecule has 1 aromatic carbocycles. The molecule has 1 aromatic heterocycles. The van der Waals surface area contributed by atoms with E-state index in [4.69, 9.17) is 9.47 Å². The standard InChI is InChI=1S/C23H31N3O3/c1-25(2)12-5-13-29-22-14-18(7-10-21(22)28-3)16-26(23(27)20-8-9-20)17-19-6-4-11-24-15-19/h4,6-7,10-11,14-15,20H,5,8-9,12-13,16-17H2,1-3H3. The van der Waals surface area contributed by atoms with E-state index >= 15 is 0 Å². The van der Waals surface area contributed by atoms with Crippen molar-refractivity contribution in [1.82, 2.24) is 14.8 Å². The van der Waals surface area contributed by atoms with Crippen LogP contribution in [-0.4, -0.2) is 55.0 Å². The lowest BCUT2D eigenvalue weighted by Gasteiger charge is -2.23. The van der Waals surface area contributed by atoms with Gasteiger partial charge < -0.3 is 19.3 Å². The maximum atomic E-state index is 12.8. The molecule has 0 saturated heterocycles. The molecule has 1 saturated carbocycles. The highest BCUT2D eigenvalue weighted by Gasteiger charge is 2.33. The van der Waals surface area contributed by atoms with Gasteiger partial charge in [-0.1, -0.05) is 12.1 Å². The van der Waals surface area contributed by atoms with Crippen molar-refractivity contribution in [2.75, 3.05) is 34.4 Å². The Morgan fingerprint density at radius 3 is 2.59 bits per heavy atom. The first kappa shape index (κ1) is 21.1. The Hall–Kier alpha value is -2.60. The second-order valence-corrected chi connectivity index (χ2v) is 7.82. The van der Waals surface area contributed by atoms with Crippen molar-refractivity contribution in [2.24, 2.45) is 5.92 Å². The maximum absolute atomic E-state index is 12.8. The van der Waals surface area contributed by atoms with Crippen LogP contribution in [0.2, 0.25) is 0 Å². The fourth-order valence-electron chi connectivity index (χ4n) is 3.23. The van der Waals surface area contributed by atoms with Gasteiger partial charge in [-0.2, -0.15) is 0 Å². The number of benzene rings is 1. The molecule has 6 nitrogen and oxygen atoms in total. The first-order chi connectivity index (χ1) is 14.1. The lowest BCUT2D eigenvalue weighted by atomic mass is 10.1. The largest absolute Gasteiger partial charge is 0.493 e. The zero-order valence-electron chi connectivity index (χ0n) is 17.6. The number of carbonyl (C=O) groups is 1. The molecule has 3 rings (SSSR count). The molecule has 1 aliphatic rings. The zero-order chi connectivity index (χ0) is 20.6. The predicted molar refractivity (Wildman–Crippen MR) is 113 cm³/mol. The SMILES string of the molecule is COc1ccc(CN(Cc2cccnc2)C(=O)C2CC2)cc1OCCCN(C)C. The number of methoxy groups -OCH3 is 1. The smallest absolute Gasteiger partial charge is 0.226 e. The third-order valence-electron chi connectivity index (χ3n) is 4.94. The molecule has 0 aliphatic heterocycles. The Kier molecular flexibility index (Phi) is 7.47. The summed E-state index contributed by atoms with van der Waals surface area (Å²) in [5, 5.41) is 0. The van der Waals surface area contributed by atoms with Gasteiger partial charge in [0, 0.05) is 37.9 Å². The fourth-order valence-corrected chi connectivity index (χ4v) is 3.23. The highest BCUT2D eigenvalue weighted by atomic mass is 16.5. The number of aromatic nitrogens is 1. The number of rotatable bonds is 11. The Morgan fingerprint density at radius 2 is 1.93 bits per heavy atom. The van der Waals surface area contributed by atoms with Crippen LogP contribution in [0.4, 0.5) is 0 Å². The highest BCUT2D eigenvalue weighted by Crippen LogP contribution is 2.33. The van der Waals surface area contributed by atoms with Gasteiger partial charge in [-0.05, 0) is 62.7 Å². The van der Waals surface area contributed by atoms with E-state index in [-0.39, 0.29) is 11.8 Å². The molecule has 0 radical (unpaired) electrons. The lowest BCUT2D eigenvalue weighted by Crippen LogP contribution is -2.31. The first-order valence-corrected chi connectivity index (χ1v) is 10.2. The Labute approximate surface area is 173 Å². The lowest BCUT2D eigenvalue weighted by molar-refractivity contribution is -0.133. The molecule has 6 heteroatoms. The van der Waals surface area contributed by atoms with E-state index < -0.39 is 0 Å². The molecule has 0 spiro atoms. The maximum Gasteiger partial charge on any atom is 0.226 e. The average Bonchev–Trinajstić information content (AvgIpc) is 3.56. The summed E-state index contributed by atoms with van der Waals surface area (Å²) in [7, 11) is 5.75. The highest BCUT2D eigenvalue weighted by molar-refractivity contribution is 5.81.